The van der Waals surface area contributed by atoms with Gasteiger partial charge in [-0.25, -0.2) is 4.79 Å². The summed E-state index contributed by atoms with van der Waals surface area (Å²) < 4.78 is 9.80. The zero-order chi connectivity index (χ0) is 19.6. The highest BCUT2D eigenvalue weighted by Gasteiger charge is 2.06. The summed E-state index contributed by atoms with van der Waals surface area (Å²) in [5.74, 6) is 0.135. The average Bonchev–Trinajstić information content (AvgIpc) is 2.70. The largest absolute Gasteiger partial charge is 0.482 e. The van der Waals surface area contributed by atoms with E-state index in [1.807, 2.05) is 12.1 Å². The van der Waals surface area contributed by atoms with Crippen LogP contribution < -0.4 is 15.8 Å². The van der Waals surface area contributed by atoms with E-state index in [0.29, 0.717) is 23.4 Å². The van der Waals surface area contributed by atoms with Crippen molar-refractivity contribution in [3.05, 3.63) is 65.2 Å². The maximum atomic E-state index is 12.1. The predicted molar refractivity (Wildman–Crippen MR) is 110 cm³/mol. The normalized spacial score (nSPS) is 9.89. The number of hydrogen-bond acceptors (Lipinski definition) is 6. The molecule has 0 radical (unpaired) electrons. The highest BCUT2D eigenvalue weighted by atomic mass is 35.5. The second-order valence-electron chi connectivity index (χ2n) is 5.85. The molecule has 0 aromatic heterocycles. The van der Waals surface area contributed by atoms with Crippen molar-refractivity contribution in [1.29, 1.82) is 5.41 Å². The quantitative estimate of drug-likeness (QED) is 0.183. The molecule has 0 aliphatic rings. The Morgan fingerprint density at radius 3 is 2.21 bits per heavy atom. The number of carbonyl (C=O) groups excluding carboxylic acids is 2. The molecule has 150 valence electrons. The molecule has 0 aliphatic carbocycles. The molecule has 0 fully saturated rings. The minimum Gasteiger partial charge on any atom is -0.482 e. The van der Waals surface area contributed by atoms with Gasteiger partial charge in [-0.15, -0.1) is 12.4 Å². The summed E-state index contributed by atoms with van der Waals surface area (Å²) in [7, 11) is 1.31. The fourth-order valence-electron chi connectivity index (χ4n) is 2.33. The number of nitrogens with two attached hydrogens (primary N) is 1. The van der Waals surface area contributed by atoms with Gasteiger partial charge in [-0.1, -0.05) is 36.4 Å². The van der Waals surface area contributed by atoms with Crippen molar-refractivity contribution in [1.82, 2.24) is 5.32 Å². The standard InChI is InChI=1S/C20H23N3O4.ClH/c1-26-19(25)13-27-17-8-2-14(3-9-17)10-11-23-12-18(24)15-4-6-16(7-5-15)20(21)22;/h2-9,23H,10-13H2,1H3,(H3,21,22);1H. The molecule has 2 aromatic rings. The summed E-state index contributed by atoms with van der Waals surface area (Å²) in [6.45, 7) is 0.770. The number of ketones is 1. The second-order valence-corrected chi connectivity index (χ2v) is 5.85. The third-order valence-corrected chi connectivity index (χ3v) is 3.90. The topological polar surface area (TPSA) is 114 Å². The molecule has 0 saturated heterocycles. The van der Waals surface area contributed by atoms with Crippen molar-refractivity contribution in [2.45, 2.75) is 6.42 Å². The molecule has 0 atom stereocenters. The van der Waals surface area contributed by atoms with Crippen LogP contribution in [0.1, 0.15) is 21.5 Å². The molecule has 28 heavy (non-hydrogen) atoms. The Hall–Kier alpha value is -2.90. The number of methoxy groups -OCH3 is 1. The molecule has 7 nitrogen and oxygen atoms in total. The lowest BCUT2D eigenvalue weighted by molar-refractivity contribution is -0.142. The van der Waals surface area contributed by atoms with Gasteiger partial charge in [-0.05, 0) is 30.7 Å². The zero-order valence-corrected chi connectivity index (χ0v) is 16.4. The minimum absolute atomic E-state index is 0. The number of amidine groups is 1. The van der Waals surface area contributed by atoms with E-state index in [-0.39, 0.29) is 37.2 Å². The zero-order valence-electron chi connectivity index (χ0n) is 15.6. The lowest BCUT2D eigenvalue weighted by Crippen LogP contribution is -2.25. The van der Waals surface area contributed by atoms with Crippen LogP contribution in [0.4, 0.5) is 0 Å². The first-order valence-electron chi connectivity index (χ1n) is 8.46. The molecule has 0 amide bonds. The molecular formula is C20H24ClN3O4. The summed E-state index contributed by atoms with van der Waals surface area (Å²) in [5, 5.41) is 10.5. The first-order chi connectivity index (χ1) is 13.0. The van der Waals surface area contributed by atoms with Crippen molar-refractivity contribution in [3.8, 4) is 5.75 Å². The fraction of sp³-hybridized carbons (Fsp3) is 0.250. The van der Waals surface area contributed by atoms with Crippen molar-refractivity contribution < 1.29 is 19.1 Å². The van der Waals surface area contributed by atoms with Gasteiger partial charge >= 0.3 is 5.97 Å². The summed E-state index contributed by atoms with van der Waals surface area (Å²) in [4.78, 5) is 23.2. The number of Topliss-reactive ketones (excluding diaryl/α,β-unsaturated/α-hetero) is 1. The van der Waals surface area contributed by atoms with E-state index in [9.17, 15) is 9.59 Å². The van der Waals surface area contributed by atoms with Crippen molar-refractivity contribution in [3.63, 3.8) is 0 Å². The summed E-state index contributed by atoms with van der Waals surface area (Å²) in [6.07, 6.45) is 0.758. The van der Waals surface area contributed by atoms with Gasteiger partial charge in [0.25, 0.3) is 0 Å². The third kappa shape index (κ3) is 7.38. The van der Waals surface area contributed by atoms with Gasteiger partial charge in [0.05, 0.1) is 13.7 Å². The monoisotopic (exact) mass is 405 g/mol. The fourth-order valence-corrected chi connectivity index (χ4v) is 2.33. The third-order valence-electron chi connectivity index (χ3n) is 3.90. The molecule has 2 rings (SSSR count). The molecule has 0 bridgehead atoms. The van der Waals surface area contributed by atoms with E-state index in [0.717, 1.165) is 12.0 Å². The molecule has 2 aromatic carbocycles. The van der Waals surface area contributed by atoms with Crippen LogP contribution in [0.5, 0.6) is 5.75 Å². The molecular weight excluding hydrogens is 382 g/mol. The van der Waals surface area contributed by atoms with Gasteiger partial charge in [0.1, 0.15) is 11.6 Å². The summed E-state index contributed by atoms with van der Waals surface area (Å²) in [6, 6.07) is 14.1. The van der Waals surface area contributed by atoms with Crippen LogP contribution in [0.2, 0.25) is 0 Å². The van der Waals surface area contributed by atoms with Crippen LogP contribution in [-0.4, -0.2) is 44.4 Å². The highest BCUT2D eigenvalue weighted by Crippen LogP contribution is 2.12. The van der Waals surface area contributed by atoms with E-state index in [4.69, 9.17) is 15.9 Å². The average molecular weight is 406 g/mol. The number of ether oxygens (including phenoxy) is 2. The van der Waals surface area contributed by atoms with Gasteiger partial charge in [-0.2, -0.15) is 0 Å². The number of nitrogen functional groups attached to an aromatic ring is 1. The minimum atomic E-state index is -0.427. The lowest BCUT2D eigenvalue weighted by atomic mass is 10.1. The highest BCUT2D eigenvalue weighted by molar-refractivity contribution is 6.00. The lowest BCUT2D eigenvalue weighted by Gasteiger charge is -2.07. The number of nitrogens with one attached hydrogen (secondary N) is 2. The van der Waals surface area contributed by atoms with Crippen LogP contribution in [0.25, 0.3) is 0 Å². The number of rotatable bonds is 10. The van der Waals surface area contributed by atoms with E-state index in [1.54, 1.807) is 36.4 Å². The van der Waals surface area contributed by atoms with Crippen molar-refractivity contribution in [2.75, 3.05) is 26.8 Å². The van der Waals surface area contributed by atoms with Crippen molar-refractivity contribution in [2.24, 2.45) is 5.73 Å². The van der Waals surface area contributed by atoms with Crippen LogP contribution in [-0.2, 0) is 16.0 Å². The Bertz CT molecular complexity index is 792. The Morgan fingerprint density at radius 2 is 1.64 bits per heavy atom. The van der Waals surface area contributed by atoms with E-state index in [2.05, 4.69) is 10.1 Å². The van der Waals surface area contributed by atoms with E-state index >= 15 is 0 Å². The van der Waals surface area contributed by atoms with Gasteiger partial charge in [-0.3, -0.25) is 10.2 Å². The first kappa shape index (κ1) is 23.1. The Balaban J connectivity index is 0.00000392. The molecule has 0 heterocycles. The summed E-state index contributed by atoms with van der Waals surface area (Å²) >= 11 is 0. The molecule has 8 heteroatoms. The summed E-state index contributed by atoms with van der Waals surface area (Å²) in [5.41, 5.74) is 7.66. The maximum absolute atomic E-state index is 12.1. The second kappa shape index (κ2) is 11.7. The molecule has 0 unspecified atom stereocenters. The van der Waals surface area contributed by atoms with Gasteiger partial charge in [0.2, 0.25) is 0 Å². The van der Waals surface area contributed by atoms with Gasteiger partial charge in [0, 0.05) is 11.1 Å². The van der Waals surface area contributed by atoms with Crippen LogP contribution in [0, 0.1) is 5.41 Å². The number of hydrogen-bond donors (Lipinski definition) is 3. The van der Waals surface area contributed by atoms with Crippen LogP contribution in [0.15, 0.2) is 48.5 Å². The number of carbonyl (C=O) groups is 2. The Morgan fingerprint density at radius 1 is 1.04 bits per heavy atom. The SMILES string of the molecule is COC(=O)COc1ccc(CCNCC(=O)c2ccc(C(=N)N)cc2)cc1.Cl. The van der Waals surface area contributed by atoms with E-state index < -0.39 is 5.97 Å². The van der Waals surface area contributed by atoms with E-state index in [1.165, 1.54) is 7.11 Å². The molecule has 0 spiro atoms. The van der Waals surface area contributed by atoms with Crippen molar-refractivity contribution >= 4 is 30.0 Å². The van der Waals surface area contributed by atoms with Crippen LogP contribution >= 0.6 is 12.4 Å². The Kier molecular flexibility index (Phi) is 9.70. The smallest absolute Gasteiger partial charge is 0.343 e. The molecule has 4 N–H and O–H groups in total. The predicted octanol–water partition coefficient (Wildman–Crippen LogP) is 1.96. The number of esters is 1. The number of halogens is 1. The Labute approximate surface area is 170 Å². The van der Waals surface area contributed by atoms with Crippen LogP contribution in [0.3, 0.4) is 0 Å². The number of benzene rings is 2. The van der Waals surface area contributed by atoms with Gasteiger partial charge < -0.3 is 20.5 Å². The molecule has 0 aliphatic heterocycles. The van der Waals surface area contributed by atoms with Gasteiger partial charge in [0.15, 0.2) is 12.4 Å². The first-order valence-corrected chi connectivity index (χ1v) is 8.46. The molecule has 0 saturated carbocycles. The maximum Gasteiger partial charge on any atom is 0.343 e.